The highest BCUT2D eigenvalue weighted by atomic mass is 19.1. The topological polar surface area (TPSA) is 17.1 Å². The van der Waals surface area contributed by atoms with Gasteiger partial charge in [0.15, 0.2) is 0 Å². The molecule has 120 valence electrons. The third kappa shape index (κ3) is 1.79. The Bertz CT molecular complexity index is 574. The van der Waals surface area contributed by atoms with E-state index in [0.717, 1.165) is 50.4 Å². The van der Waals surface area contributed by atoms with E-state index in [4.69, 9.17) is 0 Å². The van der Waals surface area contributed by atoms with Crippen LogP contribution in [0.5, 0.6) is 0 Å². The van der Waals surface area contributed by atoms with Crippen LogP contribution in [0.25, 0.3) is 0 Å². The van der Waals surface area contributed by atoms with Crippen LogP contribution in [0.4, 0.5) is 4.39 Å². The van der Waals surface area contributed by atoms with E-state index in [1.807, 2.05) is 0 Å². The van der Waals surface area contributed by atoms with Crippen molar-refractivity contribution < 1.29 is 9.18 Å². The molecule has 3 fully saturated rings. The molecule has 0 aromatic heterocycles. The zero-order chi connectivity index (χ0) is 15.5. The summed E-state index contributed by atoms with van der Waals surface area (Å²) in [4.78, 5) is 12.4. The molecule has 0 spiro atoms. The summed E-state index contributed by atoms with van der Waals surface area (Å²) in [5.41, 5.74) is 2.58. The van der Waals surface area contributed by atoms with Crippen molar-refractivity contribution in [1.29, 1.82) is 0 Å². The van der Waals surface area contributed by atoms with E-state index in [0.29, 0.717) is 23.5 Å². The molecule has 0 saturated heterocycles. The van der Waals surface area contributed by atoms with Gasteiger partial charge < -0.3 is 0 Å². The molecule has 0 N–H and O–H groups in total. The third-order valence-corrected chi connectivity index (χ3v) is 7.88. The van der Waals surface area contributed by atoms with Gasteiger partial charge in [-0.05, 0) is 73.7 Å². The van der Waals surface area contributed by atoms with E-state index < -0.39 is 0 Å². The van der Waals surface area contributed by atoms with Gasteiger partial charge in [0.05, 0.1) is 6.33 Å². The largest absolute Gasteiger partial charge is 0.299 e. The van der Waals surface area contributed by atoms with Crippen LogP contribution in [-0.4, -0.2) is 5.78 Å². The molecule has 4 aliphatic rings. The van der Waals surface area contributed by atoms with Gasteiger partial charge in [-0.15, -0.1) is 0 Å². The van der Waals surface area contributed by atoms with Crippen LogP contribution in [0.2, 0.25) is 0 Å². The second-order valence-electron chi connectivity index (χ2n) is 8.60. The Morgan fingerprint density at radius 3 is 2.59 bits per heavy atom. The van der Waals surface area contributed by atoms with Crippen LogP contribution in [0.3, 0.4) is 0 Å². The van der Waals surface area contributed by atoms with Gasteiger partial charge in [0.25, 0.3) is 0 Å². The van der Waals surface area contributed by atoms with Crippen molar-refractivity contribution >= 4 is 5.78 Å². The highest BCUT2D eigenvalue weighted by molar-refractivity contribution is 5.87. The molecule has 0 aromatic rings. The van der Waals surface area contributed by atoms with Gasteiger partial charge in [-0.2, -0.15) is 0 Å². The van der Waals surface area contributed by atoms with E-state index in [1.165, 1.54) is 18.4 Å². The van der Waals surface area contributed by atoms with Crippen molar-refractivity contribution in [1.82, 2.24) is 0 Å². The Kier molecular flexibility index (Phi) is 3.19. The number of Topliss-reactive ketones (excluding diaryl/α,β-unsaturated/α-hetero) is 1. The summed E-state index contributed by atoms with van der Waals surface area (Å²) in [5.74, 6) is 2.55. The third-order valence-electron chi connectivity index (χ3n) is 7.88. The number of rotatable bonds is 0. The van der Waals surface area contributed by atoms with Crippen molar-refractivity contribution in [3.63, 3.8) is 0 Å². The lowest BCUT2D eigenvalue weighted by Crippen LogP contribution is -2.50. The first-order chi connectivity index (χ1) is 10.5. The SMILES string of the molecule is C[C@]12CCC(=CF)C=C1CC[C@@H]1[C@@H]2CC[C@]2(C)C(=O)CC[C@@H]12. The molecule has 3 saturated carbocycles. The van der Waals surface area contributed by atoms with Crippen LogP contribution in [0.1, 0.15) is 65.2 Å². The maximum Gasteiger partial charge on any atom is 0.139 e. The molecule has 0 heterocycles. The first kappa shape index (κ1) is 14.7. The smallest absolute Gasteiger partial charge is 0.139 e. The molecule has 5 atom stereocenters. The minimum Gasteiger partial charge on any atom is -0.299 e. The van der Waals surface area contributed by atoms with Gasteiger partial charge in [-0.3, -0.25) is 4.79 Å². The lowest BCUT2D eigenvalue weighted by Gasteiger charge is -2.57. The molecule has 2 heteroatoms. The average molecular weight is 302 g/mol. The van der Waals surface area contributed by atoms with Gasteiger partial charge >= 0.3 is 0 Å². The second kappa shape index (κ2) is 4.79. The Hall–Kier alpha value is -0.920. The number of carbonyl (C=O) groups is 1. The Morgan fingerprint density at radius 1 is 1.05 bits per heavy atom. The predicted molar refractivity (Wildman–Crippen MR) is 85.9 cm³/mol. The molecule has 1 nitrogen and oxygen atoms in total. The molecule has 0 unspecified atom stereocenters. The van der Waals surface area contributed by atoms with Gasteiger partial charge in [0.1, 0.15) is 5.78 Å². The summed E-state index contributed by atoms with van der Waals surface area (Å²) in [5, 5.41) is 0. The van der Waals surface area contributed by atoms with Crippen molar-refractivity contribution in [2.24, 2.45) is 28.6 Å². The monoisotopic (exact) mass is 302 g/mol. The highest BCUT2D eigenvalue weighted by Crippen LogP contribution is 2.64. The second-order valence-corrected chi connectivity index (χ2v) is 8.60. The lowest BCUT2D eigenvalue weighted by atomic mass is 9.47. The summed E-state index contributed by atoms with van der Waals surface area (Å²) in [7, 11) is 0. The van der Waals surface area contributed by atoms with Gasteiger partial charge in [0, 0.05) is 11.8 Å². The maximum absolute atomic E-state index is 12.9. The van der Waals surface area contributed by atoms with Crippen LogP contribution >= 0.6 is 0 Å². The zero-order valence-electron chi connectivity index (χ0n) is 13.8. The Morgan fingerprint density at radius 2 is 1.82 bits per heavy atom. The van der Waals surface area contributed by atoms with Crippen molar-refractivity contribution in [3.05, 3.63) is 23.6 Å². The summed E-state index contributed by atoms with van der Waals surface area (Å²) in [6.07, 6.45) is 11.4. The fourth-order valence-electron chi connectivity index (χ4n) is 6.47. The summed E-state index contributed by atoms with van der Waals surface area (Å²) < 4.78 is 12.9. The predicted octanol–water partition coefficient (Wildman–Crippen LogP) is 5.37. The molecule has 0 bridgehead atoms. The molecule has 0 amide bonds. The van der Waals surface area contributed by atoms with E-state index in [1.54, 1.807) is 0 Å². The Balaban J connectivity index is 1.69. The van der Waals surface area contributed by atoms with E-state index in [9.17, 15) is 9.18 Å². The molecular weight excluding hydrogens is 275 g/mol. The van der Waals surface area contributed by atoms with Gasteiger partial charge in [-0.1, -0.05) is 25.5 Å². The van der Waals surface area contributed by atoms with Crippen LogP contribution in [0, 0.1) is 28.6 Å². The standard InChI is InChI=1S/C20H27FO/c1-19-9-7-13(12-21)11-14(19)3-4-15-16-5-6-18(22)20(16,2)10-8-17(15)19/h11-12,15-17H,3-10H2,1-2H3/t15-,16-,17-,19-,20-/m0/s1. The van der Waals surface area contributed by atoms with E-state index >= 15 is 0 Å². The molecule has 0 radical (unpaired) electrons. The first-order valence-corrected chi connectivity index (χ1v) is 9.02. The number of ketones is 1. The number of halogens is 1. The van der Waals surface area contributed by atoms with E-state index in [2.05, 4.69) is 19.9 Å². The van der Waals surface area contributed by atoms with Gasteiger partial charge in [0.2, 0.25) is 0 Å². The molecule has 22 heavy (non-hydrogen) atoms. The minimum atomic E-state index is -0.0303. The molecule has 0 aliphatic heterocycles. The number of allylic oxidation sites excluding steroid dienone is 3. The fourth-order valence-corrected chi connectivity index (χ4v) is 6.47. The summed E-state index contributed by atoms with van der Waals surface area (Å²) >= 11 is 0. The normalized spacial score (nSPS) is 49.4. The number of fused-ring (bicyclic) bond motifs is 5. The summed E-state index contributed by atoms with van der Waals surface area (Å²) in [6.45, 7) is 4.66. The quantitative estimate of drug-likeness (QED) is 0.588. The van der Waals surface area contributed by atoms with E-state index in [-0.39, 0.29) is 10.8 Å². The van der Waals surface area contributed by atoms with Crippen molar-refractivity contribution in [2.45, 2.75) is 65.2 Å². The van der Waals surface area contributed by atoms with Crippen LogP contribution in [0.15, 0.2) is 23.6 Å². The summed E-state index contributed by atoms with van der Waals surface area (Å²) in [6, 6.07) is 0. The van der Waals surface area contributed by atoms with Crippen molar-refractivity contribution in [3.8, 4) is 0 Å². The number of hydrogen-bond donors (Lipinski definition) is 0. The number of carbonyl (C=O) groups excluding carboxylic acids is 1. The molecular formula is C20H27FO. The number of hydrogen-bond acceptors (Lipinski definition) is 1. The van der Waals surface area contributed by atoms with Gasteiger partial charge in [-0.25, -0.2) is 4.39 Å². The zero-order valence-corrected chi connectivity index (χ0v) is 13.8. The molecule has 4 rings (SSSR count). The average Bonchev–Trinajstić information content (AvgIpc) is 2.82. The van der Waals surface area contributed by atoms with Crippen LogP contribution in [-0.2, 0) is 4.79 Å². The van der Waals surface area contributed by atoms with Crippen LogP contribution < -0.4 is 0 Å². The fraction of sp³-hybridized carbons (Fsp3) is 0.750. The highest BCUT2D eigenvalue weighted by Gasteiger charge is 2.58. The first-order valence-electron chi connectivity index (χ1n) is 9.02. The Labute approximate surface area is 133 Å². The lowest BCUT2D eigenvalue weighted by molar-refractivity contribution is -0.132. The molecule has 4 aliphatic carbocycles. The molecule has 0 aromatic carbocycles. The minimum absolute atomic E-state index is 0.0303. The van der Waals surface area contributed by atoms with Crippen molar-refractivity contribution in [2.75, 3.05) is 0 Å². The maximum atomic E-state index is 12.9.